The molecule has 0 spiro atoms. The molecule has 192 valence electrons. The molecule has 0 unspecified atom stereocenters. The summed E-state index contributed by atoms with van der Waals surface area (Å²) in [6, 6.07) is 11.8. The number of benzene rings is 2. The molecule has 4 aromatic rings. The van der Waals surface area contributed by atoms with Gasteiger partial charge in [-0.2, -0.15) is 0 Å². The SMILES string of the molecule is CNc1cccc(C)c1Nc1cc2c(NC3COC3)nc(-c3c(Cl)c(OC)cc(OC)c3Cl)cc2cn1. The summed E-state index contributed by atoms with van der Waals surface area (Å²) in [6.45, 7) is 3.26. The van der Waals surface area contributed by atoms with Crippen LogP contribution in [0.1, 0.15) is 5.56 Å². The van der Waals surface area contributed by atoms with E-state index in [-0.39, 0.29) is 6.04 Å². The van der Waals surface area contributed by atoms with E-state index in [1.165, 1.54) is 0 Å². The molecule has 5 rings (SSSR count). The summed E-state index contributed by atoms with van der Waals surface area (Å²) in [6.07, 6.45) is 1.81. The maximum Gasteiger partial charge on any atom is 0.141 e. The lowest BCUT2D eigenvalue weighted by Gasteiger charge is -2.28. The number of ether oxygens (including phenoxy) is 3. The molecule has 3 N–H and O–H groups in total. The molecular weight excluding hydrogens is 513 g/mol. The first-order valence-corrected chi connectivity index (χ1v) is 12.5. The Kier molecular flexibility index (Phi) is 7.15. The summed E-state index contributed by atoms with van der Waals surface area (Å²) in [7, 11) is 4.98. The molecule has 1 aliphatic heterocycles. The first-order chi connectivity index (χ1) is 17.9. The number of rotatable bonds is 8. The number of aryl methyl sites for hydroxylation is 1. The second-order valence-corrected chi connectivity index (χ2v) is 9.44. The van der Waals surface area contributed by atoms with Crippen LogP contribution in [0.15, 0.2) is 42.6 Å². The van der Waals surface area contributed by atoms with Gasteiger partial charge in [0.25, 0.3) is 0 Å². The van der Waals surface area contributed by atoms with Gasteiger partial charge in [-0.1, -0.05) is 35.3 Å². The third kappa shape index (κ3) is 4.80. The van der Waals surface area contributed by atoms with Gasteiger partial charge in [-0.3, -0.25) is 0 Å². The van der Waals surface area contributed by atoms with Crippen molar-refractivity contribution in [3.63, 3.8) is 0 Å². The molecule has 0 aliphatic carbocycles. The zero-order valence-electron chi connectivity index (χ0n) is 20.9. The number of nitrogens with one attached hydrogen (secondary N) is 3. The van der Waals surface area contributed by atoms with Crippen LogP contribution < -0.4 is 25.4 Å². The molecule has 8 nitrogen and oxygen atoms in total. The van der Waals surface area contributed by atoms with Gasteiger partial charge in [-0.05, 0) is 30.7 Å². The first kappa shape index (κ1) is 25.2. The predicted molar refractivity (Wildman–Crippen MR) is 150 cm³/mol. The smallest absolute Gasteiger partial charge is 0.141 e. The lowest BCUT2D eigenvalue weighted by atomic mass is 10.1. The maximum atomic E-state index is 6.71. The predicted octanol–water partition coefficient (Wildman–Crippen LogP) is 6.53. The fraction of sp³-hybridized carbons (Fsp3) is 0.259. The van der Waals surface area contributed by atoms with Crippen LogP contribution in [-0.4, -0.2) is 50.5 Å². The van der Waals surface area contributed by atoms with Crippen molar-refractivity contribution >= 4 is 57.0 Å². The van der Waals surface area contributed by atoms with Gasteiger partial charge in [0, 0.05) is 35.6 Å². The number of fused-ring (bicyclic) bond motifs is 1. The molecular formula is C27H27Cl2N5O3. The van der Waals surface area contributed by atoms with E-state index in [2.05, 4.69) is 33.9 Å². The second-order valence-electron chi connectivity index (χ2n) is 8.68. The number of anilines is 4. The number of methoxy groups -OCH3 is 2. The van der Waals surface area contributed by atoms with E-state index < -0.39 is 0 Å². The van der Waals surface area contributed by atoms with Gasteiger partial charge in [0.15, 0.2) is 0 Å². The number of aromatic nitrogens is 2. The van der Waals surface area contributed by atoms with E-state index in [9.17, 15) is 0 Å². The van der Waals surface area contributed by atoms with Crippen molar-refractivity contribution in [2.45, 2.75) is 13.0 Å². The van der Waals surface area contributed by atoms with Crippen LogP contribution in [0.4, 0.5) is 23.0 Å². The van der Waals surface area contributed by atoms with Gasteiger partial charge in [0.1, 0.15) is 23.1 Å². The normalized spacial score (nSPS) is 13.2. The summed E-state index contributed by atoms with van der Waals surface area (Å²) in [4.78, 5) is 9.64. The Balaban J connectivity index is 1.65. The summed E-state index contributed by atoms with van der Waals surface area (Å²) in [5.41, 5.74) is 4.14. The molecule has 1 aliphatic rings. The van der Waals surface area contributed by atoms with Gasteiger partial charge in [0.05, 0.1) is 60.6 Å². The van der Waals surface area contributed by atoms with Crippen LogP contribution in [0.3, 0.4) is 0 Å². The Morgan fingerprint density at radius 3 is 2.38 bits per heavy atom. The largest absolute Gasteiger partial charge is 0.495 e. The second kappa shape index (κ2) is 10.5. The fourth-order valence-corrected chi connectivity index (χ4v) is 4.94. The van der Waals surface area contributed by atoms with Crippen LogP contribution in [0.25, 0.3) is 22.0 Å². The Hall–Kier alpha value is -3.46. The van der Waals surface area contributed by atoms with E-state index in [1.54, 1.807) is 20.3 Å². The van der Waals surface area contributed by atoms with Crippen molar-refractivity contribution in [2.75, 3.05) is 50.4 Å². The van der Waals surface area contributed by atoms with Gasteiger partial charge in [0.2, 0.25) is 0 Å². The lowest BCUT2D eigenvalue weighted by molar-refractivity contribution is 0.0210. The molecule has 0 amide bonds. The molecule has 0 saturated carbocycles. The van der Waals surface area contributed by atoms with Crippen LogP contribution >= 0.6 is 23.2 Å². The average Bonchev–Trinajstić information content (AvgIpc) is 2.87. The van der Waals surface area contributed by atoms with E-state index in [4.69, 9.17) is 42.4 Å². The highest BCUT2D eigenvalue weighted by Gasteiger charge is 2.24. The Morgan fingerprint density at radius 2 is 1.76 bits per heavy atom. The van der Waals surface area contributed by atoms with Crippen molar-refractivity contribution in [1.82, 2.24) is 9.97 Å². The zero-order chi connectivity index (χ0) is 26.1. The van der Waals surface area contributed by atoms with Crippen molar-refractivity contribution < 1.29 is 14.2 Å². The molecule has 1 saturated heterocycles. The monoisotopic (exact) mass is 539 g/mol. The van der Waals surface area contributed by atoms with Crippen LogP contribution in [0.5, 0.6) is 11.5 Å². The third-order valence-electron chi connectivity index (χ3n) is 6.32. The van der Waals surface area contributed by atoms with Gasteiger partial charge >= 0.3 is 0 Å². The van der Waals surface area contributed by atoms with Crippen LogP contribution in [0, 0.1) is 6.92 Å². The highest BCUT2D eigenvalue weighted by molar-refractivity contribution is 6.41. The topological polar surface area (TPSA) is 89.6 Å². The average molecular weight is 540 g/mol. The van der Waals surface area contributed by atoms with Crippen LogP contribution in [-0.2, 0) is 4.74 Å². The van der Waals surface area contributed by atoms with E-state index in [1.807, 2.05) is 37.5 Å². The highest BCUT2D eigenvalue weighted by Crippen LogP contribution is 2.46. The molecule has 0 radical (unpaired) electrons. The number of para-hydroxylation sites is 1. The van der Waals surface area contributed by atoms with Crippen molar-refractivity contribution in [2.24, 2.45) is 0 Å². The van der Waals surface area contributed by atoms with Crippen LogP contribution in [0.2, 0.25) is 10.0 Å². The fourth-order valence-electron chi connectivity index (χ4n) is 4.25. The number of pyridine rings is 2. The van der Waals surface area contributed by atoms with Gasteiger partial charge in [-0.15, -0.1) is 0 Å². The Bertz CT molecular complexity index is 1450. The number of hydrogen-bond acceptors (Lipinski definition) is 8. The zero-order valence-corrected chi connectivity index (χ0v) is 22.4. The molecule has 2 aromatic heterocycles. The summed E-state index contributed by atoms with van der Waals surface area (Å²) < 4.78 is 16.3. The van der Waals surface area contributed by atoms with Gasteiger partial charge < -0.3 is 30.2 Å². The number of hydrogen-bond donors (Lipinski definition) is 3. The number of halogens is 2. The molecule has 3 heterocycles. The van der Waals surface area contributed by atoms with Gasteiger partial charge in [-0.25, -0.2) is 9.97 Å². The Morgan fingerprint density at radius 1 is 1.03 bits per heavy atom. The maximum absolute atomic E-state index is 6.71. The summed E-state index contributed by atoms with van der Waals surface area (Å²) in [5, 5.41) is 12.7. The van der Waals surface area contributed by atoms with Crippen molar-refractivity contribution in [1.29, 1.82) is 0 Å². The van der Waals surface area contributed by atoms with Crippen molar-refractivity contribution in [3.8, 4) is 22.8 Å². The van der Waals surface area contributed by atoms with E-state index in [0.29, 0.717) is 57.7 Å². The molecule has 1 fully saturated rings. The minimum absolute atomic E-state index is 0.147. The Labute approximate surface area is 225 Å². The third-order valence-corrected chi connectivity index (χ3v) is 7.07. The minimum atomic E-state index is 0.147. The first-order valence-electron chi connectivity index (χ1n) is 11.7. The summed E-state index contributed by atoms with van der Waals surface area (Å²) >= 11 is 13.4. The molecule has 37 heavy (non-hydrogen) atoms. The standard InChI is InChI=1S/C27H27Cl2N5O3/c1-14-6-5-7-18(30-2)26(14)34-22-9-17-15(11-31-22)8-19(33-27(17)32-16-12-37-13-16)23-24(28)20(35-3)10-21(36-4)25(23)29/h5-11,16,30H,12-13H2,1-4H3,(H,31,34)(H,32,33). The lowest BCUT2D eigenvalue weighted by Crippen LogP contribution is -2.40. The van der Waals surface area contributed by atoms with E-state index in [0.717, 1.165) is 27.7 Å². The number of nitrogens with zero attached hydrogens (tertiary/aromatic N) is 2. The molecule has 10 heteroatoms. The van der Waals surface area contributed by atoms with Crippen molar-refractivity contribution in [3.05, 3.63) is 58.2 Å². The quantitative estimate of drug-likeness (QED) is 0.233. The summed E-state index contributed by atoms with van der Waals surface area (Å²) in [5.74, 6) is 2.26. The van der Waals surface area contributed by atoms with E-state index >= 15 is 0 Å². The molecule has 2 aromatic carbocycles. The molecule has 0 bridgehead atoms. The molecule has 0 atom stereocenters. The minimum Gasteiger partial charge on any atom is -0.495 e. The highest BCUT2D eigenvalue weighted by atomic mass is 35.5.